The molecule has 1 fully saturated rings. The van der Waals surface area contributed by atoms with Crippen LogP contribution in [-0.2, 0) is 4.74 Å². The van der Waals surface area contributed by atoms with Crippen molar-refractivity contribution in [3.05, 3.63) is 18.6 Å². The van der Waals surface area contributed by atoms with Crippen LogP contribution in [0.4, 0.5) is 5.69 Å². The Kier molecular flexibility index (Phi) is 4.25. The highest BCUT2D eigenvalue weighted by Gasteiger charge is 2.42. The molecule has 7 heteroatoms. The molecule has 0 amide bonds. The minimum absolute atomic E-state index is 0.0353. The molecule has 0 unspecified atom stereocenters. The standard InChI is InChI=1S/C16H25N4O2P/c1-10-14(21)12(6-8-23(2,3)4)22-16(10)20-9-19-13-11(17)5-7-18-15(13)20/h5,7,9-10,12,14,16,21H,2,6,8H2,1,3-4H3,(H2,17,18)/t10-,12-,14+,16-/m1/s1. The zero-order chi connectivity index (χ0) is 16.8. The predicted octanol–water partition coefficient (Wildman–Crippen LogP) is 2.01. The molecule has 1 saturated heterocycles. The second-order valence-electron chi connectivity index (χ2n) is 7.09. The summed E-state index contributed by atoms with van der Waals surface area (Å²) < 4.78 is 8.03. The Balaban J connectivity index is 1.85. The highest BCUT2D eigenvalue weighted by molar-refractivity contribution is 7.72. The predicted molar refractivity (Wildman–Crippen MR) is 96.4 cm³/mol. The normalized spacial score (nSPS) is 28.5. The summed E-state index contributed by atoms with van der Waals surface area (Å²) in [6.45, 7) is 5.27. The third-order valence-corrected chi connectivity index (χ3v) is 5.94. The van der Waals surface area contributed by atoms with Crippen LogP contribution in [0.5, 0.6) is 0 Å². The number of aromatic nitrogens is 3. The third kappa shape index (κ3) is 3.16. The Labute approximate surface area is 136 Å². The van der Waals surface area contributed by atoms with Gasteiger partial charge in [0.1, 0.15) is 11.7 Å². The van der Waals surface area contributed by atoms with Crippen molar-refractivity contribution < 1.29 is 9.84 Å². The highest BCUT2D eigenvalue weighted by atomic mass is 31.2. The summed E-state index contributed by atoms with van der Waals surface area (Å²) in [7, 11) is 0. The molecule has 1 aliphatic heterocycles. The molecule has 3 heterocycles. The number of pyridine rings is 1. The van der Waals surface area contributed by atoms with Gasteiger partial charge >= 0.3 is 0 Å². The molecule has 126 valence electrons. The average molecular weight is 336 g/mol. The van der Waals surface area contributed by atoms with Crippen LogP contribution in [0, 0.1) is 5.92 Å². The first-order valence-electron chi connectivity index (χ1n) is 7.86. The second kappa shape index (κ2) is 5.93. The van der Waals surface area contributed by atoms with Crippen LogP contribution in [-0.4, -0.2) is 57.6 Å². The van der Waals surface area contributed by atoms with E-state index in [1.165, 1.54) is 0 Å². The number of imidazole rings is 1. The van der Waals surface area contributed by atoms with Gasteiger partial charge in [-0.05, 0) is 32.0 Å². The van der Waals surface area contributed by atoms with Gasteiger partial charge in [0.25, 0.3) is 0 Å². The maximum atomic E-state index is 10.5. The van der Waals surface area contributed by atoms with Crippen LogP contribution in [0.15, 0.2) is 18.6 Å². The minimum atomic E-state index is -1.13. The number of aliphatic hydroxyl groups is 1. The van der Waals surface area contributed by atoms with Gasteiger partial charge in [0.05, 0.1) is 24.2 Å². The number of rotatable bonds is 4. The number of hydrogen-bond donors (Lipinski definition) is 2. The Hall–Kier alpha value is -1.36. The maximum absolute atomic E-state index is 10.5. The lowest BCUT2D eigenvalue weighted by Gasteiger charge is -2.19. The molecule has 6 nitrogen and oxygen atoms in total. The Bertz CT molecular complexity index is 754. The lowest BCUT2D eigenvalue weighted by Crippen LogP contribution is -2.26. The Morgan fingerprint density at radius 1 is 1.43 bits per heavy atom. The Morgan fingerprint density at radius 2 is 2.17 bits per heavy atom. The summed E-state index contributed by atoms with van der Waals surface area (Å²) >= 11 is 0. The van der Waals surface area contributed by atoms with Gasteiger partial charge in [-0.25, -0.2) is 9.97 Å². The number of nitrogen functional groups attached to an aromatic ring is 1. The molecule has 2 aromatic rings. The molecule has 0 bridgehead atoms. The molecule has 0 aromatic carbocycles. The van der Waals surface area contributed by atoms with Crippen molar-refractivity contribution in [3.63, 3.8) is 0 Å². The van der Waals surface area contributed by atoms with Gasteiger partial charge < -0.3 is 15.6 Å². The fourth-order valence-electron chi connectivity index (χ4n) is 3.06. The number of aliphatic hydroxyl groups excluding tert-OH is 1. The molecule has 3 rings (SSSR count). The first kappa shape index (κ1) is 16.5. The second-order valence-corrected chi connectivity index (χ2v) is 11.4. The van der Waals surface area contributed by atoms with E-state index in [0.29, 0.717) is 16.9 Å². The molecule has 0 saturated carbocycles. The number of nitrogens with zero attached hydrogens (tertiary/aromatic N) is 3. The van der Waals surface area contributed by atoms with Crippen molar-refractivity contribution >= 4 is 30.0 Å². The quantitative estimate of drug-likeness (QED) is 0.834. The Morgan fingerprint density at radius 3 is 2.87 bits per heavy atom. The third-order valence-electron chi connectivity index (χ3n) is 4.47. The van der Waals surface area contributed by atoms with Crippen LogP contribution in [0.2, 0.25) is 0 Å². The molecule has 0 radical (unpaired) electrons. The lowest BCUT2D eigenvalue weighted by molar-refractivity contribution is -0.0206. The molecular formula is C16H25N4O2P. The molecule has 0 aliphatic carbocycles. The van der Waals surface area contributed by atoms with E-state index in [-0.39, 0.29) is 18.2 Å². The maximum Gasteiger partial charge on any atom is 0.164 e. The van der Waals surface area contributed by atoms with Crippen molar-refractivity contribution in [2.24, 2.45) is 5.92 Å². The van der Waals surface area contributed by atoms with Crippen LogP contribution < -0.4 is 5.73 Å². The first-order valence-corrected chi connectivity index (χ1v) is 10.9. The smallest absolute Gasteiger partial charge is 0.164 e. The molecule has 2 aromatic heterocycles. The summed E-state index contributed by atoms with van der Waals surface area (Å²) in [6.07, 6.45) is 8.48. The molecular weight excluding hydrogens is 311 g/mol. The van der Waals surface area contributed by atoms with Crippen molar-refractivity contribution in [1.82, 2.24) is 14.5 Å². The highest BCUT2D eigenvalue weighted by Crippen LogP contribution is 2.41. The summed E-state index contributed by atoms with van der Waals surface area (Å²) in [5.41, 5.74) is 7.91. The summed E-state index contributed by atoms with van der Waals surface area (Å²) in [5.74, 6) is -0.0353. The van der Waals surface area contributed by atoms with Crippen LogP contribution in [0.1, 0.15) is 19.6 Å². The van der Waals surface area contributed by atoms with E-state index in [9.17, 15) is 5.11 Å². The van der Waals surface area contributed by atoms with Crippen molar-refractivity contribution in [1.29, 1.82) is 0 Å². The number of nitrogens with two attached hydrogens (primary N) is 1. The van der Waals surface area contributed by atoms with Crippen molar-refractivity contribution in [2.75, 3.05) is 25.2 Å². The van der Waals surface area contributed by atoms with Gasteiger partial charge in [0.2, 0.25) is 0 Å². The van der Waals surface area contributed by atoms with E-state index < -0.39 is 13.0 Å². The number of fused-ring (bicyclic) bond motifs is 1. The first-order chi connectivity index (χ1) is 10.8. The van der Waals surface area contributed by atoms with Gasteiger partial charge in [0.15, 0.2) is 5.65 Å². The fraction of sp³-hybridized carbons (Fsp3) is 0.562. The largest absolute Gasteiger partial charge is 0.397 e. The van der Waals surface area contributed by atoms with E-state index >= 15 is 0 Å². The zero-order valence-electron chi connectivity index (χ0n) is 13.9. The number of anilines is 1. The zero-order valence-corrected chi connectivity index (χ0v) is 14.8. The van der Waals surface area contributed by atoms with Crippen molar-refractivity contribution in [2.45, 2.75) is 31.8 Å². The van der Waals surface area contributed by atoms with Crippen LogP contribution >= 0.6 is 6.89 Å². The minimum Gasteiger partial charge on any atom is -0.397 e. The molecule has 1 aliphatic rings. The molecule has 3 N–H and O–H groups in total. The summed E-state index contributed by atoms with van der Waals surface area (Å²) in [6, 6.07) is 1.73. The molecule has 0 spiro atoms. The monoisotopic (exact) mass is 336 g/mol. The van der Waals surface area contributed by atoms with E-state index in [2.05, 4.69) is 29.6 Å². The summed E-state index contributed by atoms with van der Waals surface area (Å²) in [5, 5.41) is 10.5. The fourth-order valence-corrected chi connectivity index (χ4v) is 4.02. The lowest BCUT2D eigenvalue weighted by atomic mass is 10.0. The van der Waals surface area contributed by atoms with Gasteiger partial charge in [-0.1, -0.05) is 6.92 Å². The summed E-state index contributed by atoms with van der Waals surface area (Å²) in [4.78, 5) is 8.71. The van der Waals surface area contributed by atoms with Crippen LogP contribution in [0.25, 0.3) is 11.2 Å². The van der Waals surface area contributed by atoms with Crippen molar-refractivity contribution in [3.8, 4) is 0 Å². The van der Waals surface area contributed by atoms with Gasteiger partial charge in [-0.2, -0.15) is 0 Å². The number of hydrogen-bond acceptors (Lipinski definition) is 5. The van der Waals surface area contributed by atoms with E-state index in [0.717, 1.165) is 12.6 Å². The van der Waals surface area contributed by atoms with E-state index in [1.807, 2.05) is 11.5 Å². The van der Waals surface area contributed by atoms with E-state index in [4.69, 9.17) is 10.5 Å². The SMILES string of the molecule is C=P(C)(C)CC[C@H]1O[C@@H](n2cnc3c(N)ccnc32)[C@H](C)[C@@H]1O. The van der Waals surface area contributed by atoms with Gasteiger partial charge in [-0.15, -0.1) is 13.2 Å². The molecule has 23 heavy (non-hydrogen) atoms. The topological polar surface area (TPSA) is 86.2 Å². The number of ether oxygens (including phenoxy) is 1. The van der Waals surface area contributed by atoms with Crippen LogP contribution in [0.3, 0.4) is 0 Å². The van der Waals surface area contributed by atoms with Gasteiger partial charge in [-0.3, -0.25) is 4.57 Å². The average Bonchev–Trinajstić information content (AvgIpc) is 3.01. The van der Waals surface area contributed by atoms with Gasteiger partial charge in [0, 0.05) is 12.1 Å². The van der Waals surface area contributed by atoms with E-state index in [1.54, 1.807) is 18.6 Å². The molecule has 4 atom stereocenters.